The van der Waals surface area contributed by atoms with Crippen molar-refractivity contribution >= 4 is 11.9 Å². The fraction of sp³-hybridized carbons (Fsp3) is 0.556. The van der Waals surface area contributed by atoms with Crippen molar-refractivity contribution in [2.24, 2.45) is 0 Å². The van der Waals surface area contributed by atoms with E-state index >= 15 is 0 Å². The fourth-order valence-electron chi connectivity index (χ4n) is 1.47. The molecule has 0 spiro atoms. The summed E-state index contributed by atoms with van der Waals surface area (Å²) in [6.45, 7) is 0.0931. The first-order chi connectivity index (χ1) is 6.16. The Morgan fingerprint density at radius 3 is 3.00 bits per heavy atom. The van der Waals surface area contributed by atoms with Crippen LogP contribution >= 0.6 is 0 Å². The smallest absolute Gasteiger partial charge is 0.326 e. The summed E-state index contributed by atoms with van der Waals surface area (Å²) in [4.78, 5) is 23.2. The maximum Gasteiger partial charge on any atom is 0.326 e. The number of terminal acetylenes is 1. The second-order valence-electron chi connectivity index (χ2n) is 2.97. The number of hydrogen-bond donors (Lipinski definition) is 1. The second kappa shape index (κ2) is 3.94. The predicted molar refractivity (Wildman–Crippen MR) is 45.8 cm³/mol. The van der Waals surface area contributed by atoms with E-state index in [1.165, 1.54) is 4.90 Å². The summed E-state index contributed by atoms with van der Waals surface area (Å²) in [6, 6.07) is -0.725. The van der Waals surface area contributed by atoms with Gasteiger partial charge in [-0.3, -0.25) is 4.79 Å². The van der Waals surface area contributed by atoms with Gasteiger partial charge in [0.25, 0.3) is 0 Å². The van der Waals surface area contributed by atoms with Crippen molar-refractivity contribution < 1.29 is 14.7 Å². The van der Waals surface area contributed by atoms with E-state index in [1.54, 1.807) is 0 Å². The molecule has 0 bridgehead atoms. The Bertz CT molecular complexity index is 267. The molecule has 13 heavy (non-hydrogen) atoms. The first kappa shape index (κ1) is 9.59. The number of piperidine rings is 1. The first-order valence-corrected chi connectivity index (χ1v) is 4.12. The lowest BCUT2D eigenvalue weighted by Crippen LogP contribution is -2.48. The van der Waals surface area contributed by atoms with Crippen molar-refractivity contribution in [3.8, 4) is 12.3 Å². The molecule has 1 unspecified atom stereocenters. The number of aliphatic carboxylic acids is 1. The summed E-state index contributed by atoms with van der Waals surface area (Å²) >= 11 is 0. The van der Waals surface area contributed by atoms with Crippen molar-refractivity contribution in [2.45, 2.75) is 25.3 Å². The van der Waals surface area contributed by atoms with E-state index in [0.29, 0.717) is 19.3 Å². The van der Waals surface area contributed by atoms with E-state index in [9.17, 15) is 9.59 Å². The third-order valence-electron chi connectivity index (χ3n) is 2.11. The average Bonchev–Trinajstić information content (AvgIpc) is 2.08. The number of carbonyl (C=O) groups is 2. The van der Waals surface area contributed by atoms with Crippen LogP contribution < -0.4 is 0 Å². The largest absolute Gasteiger partial charge is 0.480 e. The quantitative estimate of drug-likeness (QED) is 0.614. The topological polar surface area (TPSA) is 57.6 Å². The van der Waals surface area contributed by atoms with E-state index in [-0.39, 0.29) is 12.5 Å². The van der Waals surface area contributed by atoms with Gasteiger partial charge in [0.1, 0.15) is 6.04 Å². The lowest BCUT2D eigenvalue weighted by molar-refractivity contribution is -0.152. The second-order valence-corrected chi connectivity index (χ2v) is 2.97. The van der Waals surface area contributed by atoms with E-state index in [1.807, 2.05) is 0 Å². The number of amides is 1. The average molecular weight is 181 g/mol. The van der Waals surface area contributed by atoms with Crippen LogP contribution in [0.25, 0.3) is 0 Å². The Hall–Kier alpha value is -1.50. The van der Waals surface area contributed by atoms with Gasteiger partial charge in [0.2, 0.25) is 5.91 Å². The Morgan fingerprint density at radius 2 is 2.46 bits per heavy atom. The van der Waals surface area contributed by atoms with Crippen LogP contribution in [-0.2, 0) is 9.59 Å². The molecule has 0 radical (unpaired) electrons. The van der Waals surface area contributed by atoms with Gasteiger partial charge in [-0.15, -0.1) is 6.42 Å². The molecule has 1 heterocycles. The van der Waals surface area contributed by atoms with Crippen LogP contribution in [0.15, 0.2) is 0 Å². The maximum absolute atomic E-state index is 11.3. The molecule has 70 valence electrons. The highest BCUT2D eigenvalue weighted by atomic mass is 16.4. The third kappa shape index (κ3) is 2.00. The Balaban J connectivity index is 2.75. The Kier molecular flexibility index (Phi) is 2.91. The minimum absolute atomic E-state index is 0.0931. The molecule has 1 aliphatic rings. The Morgan fingerprint density at radius 1 is 1.77 bits per heavy atom. The first-order valence-electron chi connectivity index (χ1n) is 4.12. The van der Waals surface area contributed by atoms with Crippen LogP contribution in [0.5, 0.6) is 0 Å². The van der Waals surface area contributed by atoms with Crippen LogP contribution in [0.1, 0.15) is 19.3 Å². The predicted octanol–water partition coefficient (Wildman–Crippen LogP) is 0.0853. The van der Waals surface area contributed by atoms with Crippen LogP contribution in [0, 0.1) is 12.3 Å². The number of hydrogen-bond acceptors (Lipinski definition) is 2. The van der Waals surface area contributed by atoms with Gasteiger partial charge in [0.15, 0.2) is 0 Å². The highest BCUT2D eigenvalue weighted by molar-refractivity contribution is 5.85. The summed E-state index contributed by atoms with van der Waals surface area (Å²) in [7, 11) is 0. The lowest BCUT2D eigenvalue weighted by Gasteiger charge is -2.31. The zero-order chi connectivity index (χ0) is 9.84. The van der Waals surface area contributed by atoms with Gasteiger partial charge < -0.3 is 10.0 Å². The van der Waals surface area contributed by atoms with Crippen molar-refractivity contribution in [2.75, 3.05) is 6.54 Å². The molecular weight excluding hydrogens is 170 g/mol. The lowest BCUT2D eigenvalue weighted by atomic mass is 10.0. The SMILES string of the molecule is C#CCN1C(=O)CCCC1C(=O)O. The van der Waals surface area contributed by atoms with Gasteiger partial charge in [0.05, 0.1) is 6.54 Å². The molecule has 4 heteroatoms. The number of rotatable bonds is 2. The van der Waals surface area contributed by atoms with Crippen molar-refractivity contribution in [3.63, 3.8) is 0 Å². The van der Waals surface area contributed by atoms with Crippen molar-refractivity contribution in [1.29, 1.82) is 0 Å². The Labute approximate surface area is 76.5 Å². The van der Waals surface area contributed by atoms with Gasteiger partial charge in [-0.05, 0) is 12.8 Å². The summed E-state index contributed by atoms with van der Waals surface area (Å²) in [5.74, 6) is 1.17. The highest BCUT2D eigenvalue weighted by Gasteiger charge is 2.32. The van der Waals surface area contributed by atoms with Gasteiger partial charge in [-0.1, -0.05) is 5.92 Å². The summed E-state index contributed by atoms with van der Waals surface area (Å²) < 4.78 is 0. The number of carbonyl (C=O) groups excluding carboxylic acids is 1. The van der Waals surface area contributed by atoms with Gasteiger partial charge >= 0.3 is 5.97 Å². The molecule has 0 aromatic heterocycles. The molecule has 1 rings (SSSR count). The van der Waals surface area contributed by atoms with Crippen LogP contribution in [0.4, 0.5) is 0 Å². The highest BCUT2D eigenvalue weighted by Crippen LogP contribution is 2.17. The molecule has 1 fully saturated rings. The molecule has 1 saturated heterocycles. The van der Waals surface area contributed by atoms with Crippen molar-refractivity contribution in [3.05, 3.63) is 0 Å². The number of nitrogens with zero attached hydrogens (tertiary/aromatic N) is 1. The van der Waals surface area contributed by atoms with Crippen LogP contribution in [0.3, 0.4) is 0 Å². The minimum atomic E-state index is -0.969. The molecule has 0 aromatic carbocycles. The zero-order valence-electron chi connectivity index (χ0n) is 7.19. The van der Waals surface area contributed by atoms with Gasteiger partial charge in [0, 0.05) is 6.42 Å². The molecule has 1 aliphatic heterocycles. The van der Waals surface area contributed by atoms with Crippen LogP contribution in [0.2, 0.25) is 0 Å². The van der Waals surface area contributed by atoms with Gasteiger partial charge in [-0.2, -0.15) is 0 Å². The number of carboxylic acids is 1. The molecule has 0 aliphatic carbocycles. The minimum Gasteiger partial charge on any atom is -0.480 e. The number of likely N-dealkylation sites (tertiary alicyclic amines) is 1. The third-order valence-corrected chi connectivity index (χ3v) is 2.11. The van der Waals surface area contributed by atoms with E-state index < -0.39 is 12.0 Å². The normalized spacial score (nSPS) is 22.5. The summed E-state index contributed by atoms with van der Waals surface area (Å²) in [5, 5.41) is 8.79. The number of carboxylic acid groups (broad SMARTS) is 1. The fourth-order valence-corrected chi connectivity index (χ4v) is 1.47. The molecule has 1 N–H and O–H groups in total. The van der Waals surface area contributed by atoms with E-state index in [2.05, 4.69) is 5.92 Å². The molecular formula is C9H11NO3. The zero-order valence-corrected chi connectivity index (χ0v) is 7.19. The van der Waals surface area contributed by atoms with Crippen molar-refractivity contribution in [1.82, 2.24) is 4.90 Å². The summed E-state index contributed by atoms with van der Waals surface area (Å²) in [6.07, 6.45) is 6.59. The van der Waals surface area contributed by atoms with Gasteiger partial charge in [-0.25, -0.2) is 4.79 Å². The maximum atomic E-state index is 11.3. The van der Waals surface area contributed by atoms with Crippen LogP contribution in [-0.4, -0.2) is 34.5 Å². The standard InChI is InChI=1S/C9H11NO3/c1-2-6-10-7(9(12)13)4-3-5-8(10)11/h1,7H,3-6H2,(H,12,13). The molecule has 0 saturated carbocycles. The van der Waals surface area contributed by atoms with E-state index in [4.69, 9.17) is 11.5 Å². The molecule has 0 aromatic rings. The molecule has 1 atom stereocenters. The summed E-state index contributed by atoms with van der Waals surface area (Å²) in [5.41, 5.74) is 0. The van der Waals surface area contributed by atoms with E-state index in [0.717, 1.165) is 0 Å². The monoisotopic (exact) mass is 181 g/mol. The molecule has 1 amide bonds. The molecule has 4 nitrogen and oxygen atoms in total.